The SMILES string of the molecule is CC(c1cc(F)ccc1O)c1cc(Cl)cc(C(C)c2cc(F)ccc2O)c1O. The van der Waals surface area contributed by atoms with E-state index in [1.165, 1.54) is 36.4 Å². The third-order valence-corrected chi connectivity index (χ3v) is 5.20. The fourth-order valence-electron chi connectivity index (χ4n) is 3.38. The first-order valence-electron chi connectivity index (χ1n) is 8.68. The van der Waals surface area contributed by atoms with Crippen LogP contribution in [0.15, 0.2) is 48.5 Å². The first kappa shape index (κ1) is 20.0. The summed E-state index contributed by atoms with van der Waals surface area (Å²) in [5.41, 5.74) is 1.35. The Morgan fingerprint density at radius 3 is 1.46 bits per heavy atom. The normalized spacial score (nSPS) is 13.3. The van der Waals surface area contributed by atoms with Gasteiger partial charge in [-0.2, -0.15) is 0 Å². The van der Waals surface area contributed by atoms with Crippen LogP contribution in [0.3, 0.4) is 0 Å². The number of benzene rings is 3. The van der Waals surface area contributed by atoms with Crippen LogP contribution in [0.4, 0.5) is 8.78 Å². The predicted octanol–water partition coefficient (Wildman–Crippen LogP) is 6.04. The Labute approximate surface area is 166 Å². The van der Waals surface area contributed by atoms with E-state index in [-0.39, 0.29) is 17.2 Å². The van der Waals surface area contributed by atoms with Crippen molar-refractivity contribution in [2.75, 3.05) is 0 Å². The van der Waals surface area contributed by atoms with Gasteiger partial charge in [0.15, 0.2) is 0 Å². The molecule has 28 heavy (non-hydrogen) atoms. The highest BCUT2D eigenvalue weighted by Crippen LogP contribution is 2.43. The molecule has 146 valence electrons. The molecule has 0 aromatic heterocycles. The van der Waals surface area contributed by atoms with Crippen LogP contribution in [0.1, 0.15) is 47.9 Å². The molecule has 0 aliphatic heterocycles. The third-order valence-electron chi connectivity index (χ3n) is 4.98. The van der Waals surface area contributed by atoms with Gasteiger partial charge < -0.3 is 15.3 Å². The van der Waals surface area contributed by atoms with E-state index in [1.807, 2.05) is 0 Å². The maximum Gasteiger partial charge on any atom is 0.123 e. The van der Waals surface area contributed by atoms with Gasteiger partial charge in [0.2, 0.25) is 0 Å². The Morgan fingerprint density at radius 1 is 0.679 bits per heavy atom. The Hall–Kier alpha value is -2.79. The predicted molar refractivity (Wildman–Crippen MR) is 104 cm³/mol. The smallest absolute Gasteiger partial charge is 0.123 e. The Balaban J connectivity index is 2.12. The number of hydrogen-bond donors (Lipinski definition) is 3. The van der Waals surface area contributed by atoms with Crippen LogP contribution in [0, 0.1) is 11.6 Å². The van der Waals surface area contributed by atoms with Crippen molar-refractivity contribution < 1.29 is 24.1 Å². The maximum absolute atomic E-state index is 13.7. The molecule has 3 N–H and O–H groups in total. The molecule has 0 fully saturated rings. The minimum Gasteiger partial charge on any atom is -0.508 e. The van der Waals surface area contributed by atoms with E-state index in [1.54, 1.807) is 13.8 Å². The summed E-state index contributed by atoms with van der Waals surface area (Å²) in [4.78, 5) is 0. The summed E-state index contributed by atoms with van der Waals surface area (Å²) in [7, 11) is 0. The lowest BCUT2D eigenvalue weighted by atomic mass is 9.85. The number of aromatic hydroxyl groups is 3. The summed E-state index contributed by atoms with van der Waals surface area (Å²) >= 11 is 6.24. The second-order valence-electron chi connectivity index (χ2n) is 6.78. The average molecular weight is 405 g/mol. The van der Waals surface area contributed by atoms with Crippen LogP contribution in [0.2, 0.25) is 5.02 Å². The van der Waals surface area contributed by atoms with Gasteiger partial charge in [0, 0.05) is 39.1 Å². The number of phenolic OH excluding ortho intramolecular Hbond substituents is 3. The molecule has 3 aromatic carbocycles. The van der Waals surface area contributed by atoms with Gasteiger partial charge in [0.05, 0.1) is 0 Å². The fourth-order valence-corrected chi connectivity index (χ4v) is 3.62. The van der Waals surface area contributed by atoms with E-state index in [0.29, 0.717) is 27.3 Å². The molecule has 3 aromatic rings. The summed E-state index contributed by atoms with van der Waals surface area (Å²) in [6.07, 6.45) is 0. The molecule has 0 amide bonds. The maximum atomic E-state index is 13.7. The van der Waals surface area contributed by atoms with Crippen LogP contribution >= 0.6 is 11.6 Å². The van der Waals surface area contributed by atoms with Crippen molar-refractivity contribution in [1.29, 1.82) is 0 Å². The van der Waals surface area contributed by atoms with Crippen molar-refractivity contribution in [1.82, 2.24) is 0 Å². The topological polar surface area (TPSA) is 60.7 Å². The van der Waals surface area contributed by atoms with Crippen LogP contribution in [0.25, 0.3) is 0 Å². The lowest BCUT2D eigenvalue weighted by Crippen LogP contribution is -2.03. The zero-order valence-corrected chi connectivity index (χ0v) is 16.0. The average Bonchev–Trinajstić information content (AvgIpc) is 2.66. The van der Waals surface area contributed by atoms with Crippen molar-refractivity contribution in [3.05, 3.63) is 87.4 Å². The molecule has 2 atom stereocenters. The number of halogens is 3. The van der Waals surface area contributed by atoms with E-state index < -0.39 is 23.5 Å². The first-order chi connectivity index (χ1) is 13.2. The standard InChI is InChI=1S/C22H19ClF2O3/c1-11(16-9-14(24)3-5-20(16)26)18-7-13(23)8-19(22(18)28)12(2)17-10-15(25)4-6-21(17)27/h3-12,26-28H,1-2H3. The molecule has 0 aliphatic rings. The monoisotopic (exact) mass is 404 g/mol. The molecule has 0 spiro atoms. The quantitative estimate of drug-likeness (QED) is 0.497. The molecule has 0 saturated heterocycles. The third kappa shape index (κ3) is 3.76. The molecule has 0 aliphatic carbocycles. The highest BCUT2D eigenvalue weighted by atomic mass is 35.5. The van der Waals surface area contributed by atoms with Crippen LogP contribution in [0.5, 0.6) is 17.2 Å². The molecule has 0 heterocycles. The number of hydrogen-bond acceptors (Lipinski definition) is 3. The molecule has 0 radical (unpaired) electrons. The van der Waals surface area contributed by atoms with Gasteiger partial charge in [-0.3, -0.25) is 0 Å². The highest BCUT2D eigenvalue weighted by Gasteiger charge is 2.24. The first-order valence-corrected chi connectivity index (χ1v) is 9.06. The van der Waals surface area contributed by atoms with E-state index in [0.717, 1.165) is 12.1 Å². The number of rotatable bonds is 4. The van der Waals surface area contributed by atoms with Crippen LogP contribution in [-0.4, -0.2) is 15.3 Å². The van der Waals surface area contributed by atoms with Gasteiger partial charge in [0.1, 0.15) is 28.9 Å². The zero-order valence-electron chi connectivity index (χ0n) is 15.2. The lowest BCUT2D eigenvalue weighted by Gasteiger charge is -2.21. The van der Waals surface area contributed by atoms with Crippen molar-refractivity contribution >= 4 is 11.6 Å². The van der Waals surface area contributed by atoms with Gasteiger partial charge in [-0.05, 0) is 48.5 Å². The van der Waals surface area contributed by atoms with E-state index in [9.17, 15) is 24.1 Å². The van der Waals surface area contributed by atoms with Gasteiger partial charge in [-0.15, -0.1) is 0 Å². The summed E-state index contributed by atoms with van der Waals surface area (Å²) in [6.45, 7) is 3.40. The molecular formula is C22H19ClF2O3. The Bertz CT molecular complexity index is 958. The highest BCUT2D eigenvalue weighted by molar-refractivity contribution is 6.30. The van der Waals surface area contributed by atoms with E-state index in [4.69, 9.17) is 11.6 Å². The minimum atomic E-state index is -0.568. The van der Waals surface area contributed by atoms with Gasteiger partial charge in [-0.1, -0.05) is 25.4 Å². The summed E-state index contributed by atoms with van der Waals surface area (Å²) in [5.74, 6) is -2.49. The molecular weight excluding hydrogens is 386 g/mol. The van der Waals surface area contributed by atoms with E-state index in [2.05, 4.69) is 0 Å². The second-order valence-corrected chi connectivity index (χ2v) is 7.22. The molecule has 3 rings (SSSR count). The van der Waals surface area contributed by atoms with Crippen molar-refractivity contribution in [2.45, 2.75) is 25.7 Å². The second kappa shape index (κ2) is 7.68. The summed E-state index contributed by atoms with van der Waals surface area (Å²) in [5, 5.41) is 31.4. The zero-order chi connectivity index (χ0) is 20.6. The lowest BCUT2D eigenvalue weighted by molar-refractivity contribution is 0.446. The Kier molecular flexibility index (Phi) is 5.47. The van der Waals surface area contributed by atoms with Crippen LogP contribution in [-0.2, 0) is 0 Å². The summed E-state index contributed by atoms with van der Waals surface area (Å²) < 4.78 is 27.3. The molecule has 0 bridgehead atoms. The van der Waals surface area contributed by atoms with Crippen molar-refractivity contribution in [2.24, 2.45) is 0 Å². The minimum absolute atomic E-state index is 0.106. The molecule has 2 unspecified atom stereocenters. The Morgan fingerprint density at radius 2 is 1.07 bits per heavy atom. The molecule has 6 heteroatoms. The number of phenols is 3. The van der Waals surface area contributed by atoms with Gasteiger partial charge in [0.25, 0.3) is 0 Å². The van der Waals surface area contributed by atoms with Crippen LogP contribution < -0.4 is 0 Å². The van der Waals surface area contributed by atoms with Gasteiger partial charge >= 0.3 is 0 Å². The fraction of sp³-hybridized carbons (Fsp3) is 0.182. The molecule has 0 saturated carbocycles. The largest absolute Gasteiger partial charge is 0.508 e. The summed E-state index contributed by atoms with van der Waals surface area (Å²) in [6, 6.07) is 10.2. The van der Waals surface area contributed by atoms with Crippen molar-refractivity contribution in [3.63, 3.8) is 0 Å². The van der Waals surface area contributed by atoms with E-state index >= 15 is 0 Å². The van der Waals surface area contributed by atoms with Gasteiger partial charge in [-0.25, -0.2) is 8.78 Å². The van der Waals surface area contributed by atoms with Crippen molar-refractivity contribution in [3.8, 4) is 17.2 Å². The molecule has 3 nitrogen and oxygen atoms in total.